The van der Waals surface area contributed by atoms with Gasteiger partial charge in [-0.1, -0.05) is 18.3 Å². The second-order valence-corrected chi connectivity index (χ2v) is 4.38. The van der Waals surface area contributed by atoms with Gasteiger partial charge in [0.05, 0.1) is 0 Å². The first-order chi connectivity index (χ1) is 9.29. The molecule has 2 N–H and O–H groups in total. The molecule has 1 aromatic rings. The van der Waals surface area contributed by atoms with Crippen molar-refractivity contribution >= 4 is 5.91 Å². The van der Waals surface area contributed by atoms with E-state index >= 15 is 0 Å². The fourth-order valence-corrected chi connectivity index (χ4v) is 1.95. The minimum absolute atomic E-state index is 0.183. The Kier molecular flexibility index (Phi) is 4.90. The number of carbonyl (C=O) groups excluding carboxylic acids is 1. The standard InChI is InChI=1S/C14H17N3O2/c18-10-4-5-12-6-7-13(15-11-12)14(19)16-17-8-2-1-3-9-17/h6-7,11,18H,1-3,8-10H2,(H,16,19). The summed E-state index contributed by atoms with van der Waals surface area (Å²) in [4.78, 5) is 16.0. The van der Waals surface area contributed by atoms with E-state index < -0.39 is 0 Å². The number of hydrogen-bond acceptors (Lipinski definition) is 4. The molecule has 5 heteroatoms. The van der Waals surface area contributed by atoms with Crippen LogP contribution in [0, 0.1) is 11.8 Å². The van der Waals surface area contributed by atoms with Crippen LogP contribution in [0.3, 0.4) is 0 Å². The molecule has 1 aliphatic rings. The molecule has 0 aliphatic carbocycles. The van der Waals surface area contributed by atoms with Crippen molar-refractivity contribution in [2.24, 2.45) is 0 Å². The highest BCUT2D eigenvalue weighted by Gasteiger charge is 2.14. The average molecular weight is 259 g/mol. The molecule has 1 aromatic heterocycles. The van der Waals surface area contributed by atoms with Gasteiger partial charge in [-0.2, -0.15) is 0 Å². The van der Waals surface area contributed by atoms with Gasteiger partial charge in [-0.05, 0) is 25.0 Å². The van der Waals surface area contributed by atoms with E-state index in [2.05, 4.69) is 22.3 Å². The van der Waals surface area contributed by atoms with E-state index in [1.54, 1.807) is 12.1 Å². The lowest BCUT2D eigenvalue weighted by atomic mass is 10.2. The third-order valence-electron chi connectivity index (χ3n) is 2.92. The molecule has 0 unspecified atom stereocenters. The lowest BCUT2D eigenvalue weighted by Gasteiger charge is -2.26. The molecule has 1 saturated heterocycles. The Balaban J connectivity index is 1.95. The first-order valence-corrected chi connectivity index (χ1v) is 6.41. The zero-order valence-corrected chi connectivity index (χ0v) is 10.7. The zero-order valence-electron chi connectivity index (χ0n) is 10.7. The van der Waals surface area contributed by atoms with Crippen LogP contribution in [-0.2, 0) is 0 Å². The summed E-state index contributed by atoms with van der Waals surface area (Å²) in [7, 11) is 0. The predicted molar refractivity (Wildman–Crippen MR) is 71.1 cm³/mol. The Morgan fingerprint density at radius 2 is 2.16 bits per heavy atom. The number of hydrazine groups is 1. The molecular weight excluding hydrogens is 242 g/mol. The average Bonchev–Trinajstić information content (AvgIpc) is 2.46. The number of amides is 1. The molecule has 5 nitrogen and oxygen atoms in total. The van der Waals surface area contributed by atoms with Crippen LogP contribution < -0.4 is 5.43 Å². The van der Waals surface area contributed by atoms with Crippen molar-refractivity contribution in [3.8, 4) is 11.8 Å². The van der Waals surface area contributed by atoms with E-state index in [0.29, 0.717) is 11.3 Å². The Bertz CT molecular complexity index is 482. The molecule has 0 aromatic carbocycles. The highest BCUT2D eigenvalue weighted by atomic mass is 16.2. The van der Waals surface area contributed by atoms with Gasteiger partial charge < -0.3 is 5.11 Å². The second kappa shape index (κ2) is 6.88. The van der Waals surface area contributed by atoms with Gasteiger partial charge in [0.15, 0.2) is 0 Å². The molecule has 2 heterocycles. The number of aliphatic hydroxyl groups excluding tert-OH is 1. The number of hydrogen-bond donors (Lipinski definition) is 2. The summed E-state index contributed by atoms with van der Waals surface area (Å²) in [5, 5.41) is 10.5. The van der Waals surface area contributed by atoms with Crippen LogP contribution in [-0.4, -0.2) is 40.7 Å². The molecule has 0 saturated carbocycles. The summed E-state index contributed by atoms with van der Waals surface area (Å²) in [6.45, 7) is 1.61. The van der Waals surface area contributed by atoms with Gasteiger partial charge in [0.25, 0.3) is 5.91 Å². The Morgan fingerprint density at radius 1 is 1.37 bits per heavy atom. The first kappa shape index (κ1) is 13.5. The first-order valence-electron chi connectivity index (χ1n) is 6.41. The summed E-state index contributed by atoms with van der Waals surface area (Å²) < 4.78 is 0. The summed E-state index contributed by atoms with van der Waals surface area (Å²) >= 11 is 0. The number of aromatic nitrogens is 1. The van der Waals surface area contributed by atoms with Crippen molar-refractivity contribution in [3.63, 3.8) is 0 Å². The number of pyridine rings is 1. The SMILES string of the molecule is O=C(NN1CCCCC1)c1ccc(C#CCO)cn1. The molecule has 1 amide bonds. The van der Waals surface area contributed by atoms with E-state index in [-0.39, 0.29) is 12.5 Å². The highest BCUT2D eigenvalue weighted by molar-refractivity contribution is 5.91. The maximum absolute atomic E-state index is 11.9. The van der Waals surface area contributed by atoms with Gasteiger partial charge >= 0.3 is 0 Å². The third-order valence-corrected chi connectivity index (χ3v) is 2.92. The van der Waals surface area contributed by atoms with E-state index in [1.165, 1.54) is 12.6 Å². The summed E-state index contributed by atoms with van der Waals surface area (Å²) in [5.74, 6) is 5.08. The van der Waals surface area contributed by atoms with Gasteiger partial charge in [-0.3, -0.25) is 10.2 Å². The lowest BCUT2D eigenvalue weighted by Crippen LogP contribution is -2.45. The number of nitrogens with zero attached hydrogens (tertiary/aromatic N) is 2. The number of rotatable bonds is 2. The minimum atomic E-state index is -0.191. The molecule has 0 atom stereocenters. The van der Waals surface area contributed by atoms with Crippen LogP contribution >= 0.6 is 0 Å². The van der Waals surface area contributed by atoms with Crippen LogP contribution in [0.1, 0.15) is 35.3 Å². The van der Waals surface area contributed by atoms with Gasteiger partial charge in [0.2, 0.25) is 0 Å². The number of carbonyl (C=O) groups is 1. The van der Waals surface area contributed by atoms with E-state index in [9.17, 15) is 4.79 Å². The maximum atomic E-state index is 11.9. The van der Waals surface area contributed by atoms with Gasteiger partial charge in [0.1, 0.15) is 12.3 Å². The summed E-state index contributed by atoms with van der Waals surface area (Å²) in [6.07, 6.45) is 4.99. The molecule has 0 bridgehead atoms. The van der Waals surface area contributed by atoms with Crippen molar-refractivity contribution in [1.82, 2.24) is 15.4 Å². The molecule has 1 aliphatic heterocycles. The molecule has 1 fully saturated rings. The smallest absolute Gasteiger partial charge is 0.284 e. The van der Waals surface area contributed by atoms with Crippen molar-refractivity contribution < 1.29 is 9.90 Å². The van der Waals surface area contributed by atoms with Gasteiger partial charge in [-0.25, -0.2) is 9.99 Å². The summed E-state index contributed by atoms with van der Waals surface area (Å²) in [6, 6.07) is 3.36. The molecule has 0 spiro atoms. The predicted octanol–water partition coefficient (Wildman–Crippen LogP) is 0.556. The van der Waals surface area contributed by atoms with Crippen molar-refractivity contribution in [2.45, 2.75) is 19.3 Å². The number of piperidine rings is 1. The minimum Gasteiger partial charge on any atom is -0.384 e. The molecule has 2 rings (SSSR count). The van der Waals surface area contributed by atoms with Gasteiger partial charge in [0, 0.05) is 24.8 Å². The van der Waals surface area contributed by atoms with Crippen molar-refractivity contribution in [1.29, 1.82) is 0 Å². The monoisotopic (exact) mass is 259 g/mol. The lowest BCUT2D eigenvalue weighted by molar-refractivity contribution is 0.0745. The van der Waals surface area contributed by atoms with Crippen LogP contribution in [0.4, 0.5) is 0 Å². The van der Waals surface area contributed by atoms with Gasteiger partial charge in [-0.15, -0.1) is 0 Å². The van der Waals surface area contributed by atoms with E-state index in [0.717, 1.165) is 25.9 Å². The topological polar surface area (TPSA) is 65.5 Å². The molecule has 100 valence electrons. The Morgan fingerprint density at radius 3 is 2.79 bits per heavy atom. The van der Waals surface area contributed by atoms with Crippen LogP contribution in [0.25, 0.3) is 0 Å². The Hall–Kier alpha value is -1.90. The highest BCUT2D eigenvalue weighted by Crippen LogP contribution is 2.06. The number of aliphatic hydroxyl groups is 1. The summed E-state index contributed by atoms with van der Waals surface area (Å²) in [5.41, 5.74) is 3.91. The molecule has 0 radical (unpaired) electrons. The quantitative estimate of drug-likeness (QED) is 0.762. The van der Waals surface area contributed by atoms with Crippen LogP contribution in [0.2, 0.25) is 0 Å². The van der Waals surface area contributed by atoms with E-state index in [1.807, 2.05) is 5.01 Å². The number of nitrogens with one attached hydrogen (secondary N) is 1. The van der Waals surface area contributed by atoms with E-state index in [4.69, 9.17) is 5.11 Å². The zero-order chi connectivity index (χ0) is 13.5. The second-order valence-electron chi connectivity index (χ2n) is 4.38. The Labute approximate surface area is 112 Å². The molecule has 19 heavy (non-hydrogen) atoms. The normalized spacial score (nSPS) is 15.4. The van der Waals surface area contributed by atoms with Crippen LogP contribution in [0.15, 0.2) is 18.3 Å². The maximum Gasteiger partial charge on any atom is 0.284 e. The van der Waals surface area contributed by atoms with Crippen molar-refractivity contribution in [3.05, 3.63) is 29.6 Å². The molecular formula is C14H17N3O2. The van der Waals surface area contributed by atoms with Crippen LogP contribution in [0.5, 0.6) is 0 Å². The fraction of sp³-hybridized carbons (Fsp3) is 0.429. The fourth-order valence-electron chi connectivity index (χ4n) is 1.95. The van der Waals surface area contributed by atoms with Crippen molar-refractivity contribution in [2.75, 3.05) is 19.7 Å². The largest absolute Gasteiger partial charge is 0.384 e. The third kappa shape index (κ3) is 4.05.